The van der Waals surface area contributed by atoms with E-state index in [1.165, 1.54) is 12.1 Å². The Balaban J connectivity index is 1.24. The minimum atomic E-state index is -4.81. The van der Waals surface area contributed by atoms with Crippen LogP contribution in [0, 0.1) is 13.8 Å². The Morgan fingerprint density at radius 1 is 0.456 bits per heavy atom. The fraction of sp³-hybridized carbons (Fsp3) is 0.0847. The van der Waals surface area contributed by atoms with Crippen molar-refractivity contribution in [1.82, 2.24) is 9.13 Å². The molecule has 9 aromatic carbocycles. The Kier molecular flexibility index (Phi) is 6.99. The van der Waals surface area contributed by atoms with Gasteiger partial charge in [0.2, 0.25) is 0 Å². The van der Waals surface area contributed by atoms with E-state index in [9.17, 15) is 0 Å². The van der Waals surface area contributed by atoms with Crippen LogP contribution >= 0.6 is 0 Å². The van der Waals surface area contributed by atoms with Gasteiger partial charge in [-0.1, -0.05) is 145 Å². The van der Waals surface area contributed by atoms with Gasteiger partial charge in [-0.05, 0) is 116 Å². The molecule has 1 spiro atoms. The van der Waals surface area contributed by atoms with Crippen molar-refractivity contribution in [1.29, 1.82) is 0 Å². The van der Waals surface area contributed by atoms with Gasteiger partial charge in [-0.15, -0.1) is 0 Å². The highest BCUT2D eigenvalue weighted by atomic mass is 19.4. The molecule has 0 saturated carbocycles. The Labute approximate surface area is 385 Å². The lowest BCUT2D eigenvalue weighted by Crippen LogP contribution is -2.61. The third kappa shape index (κ3) is 4.48. The molecule has 0 amide bonds. The topological polar surface area (TPSA) is 9.86 Å². The summed E-state index contributed by atoms with van der Waals surface area (Å²) in [4.78, 5) is 0. The first-order valence-electron chi connectivity index (χ1n) is 22.8. The van der Waals surface area contributed by atoms with Gasteiger partial charge in [0.25, 0.3) is 6.71 Å². The van der Waals surface area contributed by atoms with Gasteiger partial charge in [0, 0.05) is 38.6 Å². The van der Waals surface area contributed by atoms with E-state index in [0.717, 1.165) is 117 Å². The third-order valence-electron chi connectivity index (χ3n) is 15.6. The van der Waals surface area contributed by atoms with E-state index in [1.54, 1.807) is 0 Å². The smallest absolute Gasteiger partial charge is 0.310 e. The van der Waals surface area contributed by atoms with Crippen molar-refractivity contribution in [2.45, 2.75) is 31.6 Å². The van der Waals surface area contributed by atoms with Crippen molar-refractivity contribution in [3.8, 4) is 44.9 Å². The Morgan fingerprint density at radius 3 is 1.72 bits per heavy atom. The molecule has 2 nitrogen and oxygen atoms in total. The van der Waals surface area contributed by atoms with E-state index >= 15 is 26.3 Å². The van der Waals surface area contributed by atoms with Crippen LogP contribution in [-0.2, 0) is 17.8 Å². The molecule has 11 aromatic rings. The number of halogens is 6. The molecule has 2 aromatic heterocycles. The second kappa shape index (κ2) is 12.4. The largest absolute Gasteiger partial charge is 0.416 e. The molecule has 5 heterocycles. The van der Waals surface area contributed by atoms with Gasteiger partial charge in [0.05, 0.1) is 33.3 Å². The highest BCUT2D eigenvalue weighted by Gasteiger charge is 2.56. The van der Waals surface area contributed by atoms with Gasteiger partial charge >= 0.3 is 12.4 Å². The summed E-state index contributed by atoms with van der Waals surface area (Å²) in [6, 6.07) is 52.1. The Bertz CT molecular complexity index is 4090. The Hall–Kier alpha value is -7.78. The van der Waals surface area contributed by atoms with E-state index in [1.807, 2.05) is 79.1 Å². The van der Waals surface area contributed by atoms with Crippen LogP contribution in [0.1, 0.15) is 44.5 Å². The van der Waals surface area contributed by atoms with Crippen LogP contribution in [0.5, 0.6) is 0 Å². The second-order valence-corrected chi connectivity index (χ2v) is 19.1. The maximum Gasteiger partial charge on any atom is 0.416 e. The van der Waals surface area contributed by atoms with Crippen LogP contribution in [0.15, 0.2) is 164 Å². The first-order valence-corrected chi connectivity index (χ1v) is 22.8. The molecule has 0 atom stereocenters. The molecule has 15 rings (SSSR count). The molecular weight excluding hydrogens is 861 g/mol. The van der Waals surface area contributed by atoms with Crippen molar-refractivity contribution in [3.05, 3.63) is 208 Å². The van der Waals surface area contributed by atoms with E-state index in [2.05, 4.69) is 83.4 Å². The molecule has 1 aliphatic carbocycles. The van der Waals surface area contributed by atoms with Crippen molar-refractivity contribution < 1.29 is 26.3 Å². The maximum atomic E-state index is 15.6. The molecule has 0 radical (unpaired) electrons. The molecule has 0 unspecified atom stereocenters. The second-order valence-electron chi connectivity index (χ2n) is 19.1. The monoisotopic (exact) mass is 894 g/mol. The number of benzene rings is 9. The molecule has 9 heteroatoms. The number of alkyl halides is 6. The zero-order chi connectivity index (χ0) is 45.9. The lowest BCUT2D eigenvalue weighted by atomic mass is 9.33. The Morgan fingerprint density at radius 2 is 1.06 bits per heavy atom. The molecule has 0 bridgehead atoms. The summed E-state index contributed by atoms with van der Waals surface area (Å²) < 4.78 is 98.2. The zero-order valence-corrected chi connectivity index (χ0v) is 36.3. The molecular formula is C59H33BF6N2. The zero-order valence-electron chi connectivity index (χ0n) is 36.3. The minimum Gasteiger partial charge on any atom is -0.310 e. The number of nitrogens with zero attached hydrogens (tertiary/aromatic N) is 2. The van der Waals surface area contributed by atoms with Gasteiger partial charge in [-0.25, -0.2) is 0 Å². The van der Waals surface area contributed by atoms with Crippen LogP contribution in [0.2, 0.25) is 0 Å². The number of hydrogen-bond acceptors (Lipinski definition) is 0. The van der Waals surface area contributed by atoms with Crippen LogP contribution in [0.25, 0.3) is 88.4 Å². The molecule has 68 heavy (non-hydrogen) atoms. The average Bonchev–Trinajstić information content (AvgIpc) is 3.95. The van der Waals surface area contributed by atoms with Crippen LogP contribution in [-0.4, -0.2) is 15.8 Å². The standard InChI is InChI=1S/C59H33BF6N2/c1-30-17-19-38-39-20-18-31(2)24-45(39)57(44(38)23-30)43-21-22-48-51-56(43)68-53-40(26-35(28-46(53)57)58(61,62)63)41-27-36(59(64,65)66)29-47(54(41)68)60(51)50-37-16-10-9-15-34(37)25-42-49(32-11-5-3-6-12-32)52(67(48)55(42)50)33-13-7-4-8-14-33/h3-29H,1-2H3. The molecule has 0 saturated heterocycles. The molecule has 0 N–H and O–H groups in total. The number of aryl methyl sites for hydroxylation is 2. The van der Waals surface area contributed by atoms with Crippen molar-refractivity contribution in [2.24, 2.45) is 0 Å². The fourth-order valence-electron chi connectivity index (χ4n) is 13.2. The van der Waals surface area contributed by atoms with Crippen molar-refractivity contribution in [2.75, 3.05) is 0 Å². The predicted octanol–water partition coefficient (Wildman–Crippen LogP) is 13.7. The van der Waals surface area contributed by atoms with E-state index in [-0.39, 0.29) is 10.8 Å². The third-order valence-corrected chi connectivity index (χ3v) is 15.6. The summed E-state index contributed by atoms with van der Waals surface area (Å²) in [5, 5.41) is 3.09. The molecule has 0 fully saturated rings. The highest BCUT2D eigenvalue weighted by Crippen LogP contribution is 2.63. The number of hydrogen-bond donors (Lipinski definition) is 0. The van der Waals surface area contributed by atoms with Gasteiger partial charge in [-0.3, -0.25) is 0 Å². The summed E-state index contributed by atoms with van der Waals surface area (Å²) >= 11 is 0. The predicted molar refractivity (Wildman–Crippen MR) is 261 cm³/mol. The number of aromatic nitrogens is 2. The number of rotatable bonds is 2. The summed E-state index contributed by atoms with van der Waals surface area (Å²) in [7, 11) is 0. The highest BCUT2D eigenvalue weighted by molar-refractivity contribution is 7.01. The first-order chi connectivity index (χ1) is 32.8. The summed E-state index contributed by atoms with van der Waals surface area (Å²) in [6.07, 6.45) is -9.62. The van der Waals surface area contributed by atoms with Gasteiger partial charge in [0.1, 0.15) is 0 Å². The van der Waals surface area contributed by atoms with Crippen molar-refractivity contribution in [3.63, 3.8) is 0 Å². The van der Waals surface area contributed by atoms with Gasteiger partial charge in [-0.2, -0.15) is 26.3 Å². The molecule has 4 aliphatic rings. The van der Waals surface area contributed by atoms with E-state index in [0.29, 0.717) is 22.1 Å². The van der Waals surface area contributed by atoms with Crippen LogP contribution < -0.4 is 16.4 Å². The molecule has 324 valence electrons. The quantitative estimate of drug-likeness (QED) is 0.121. The van der Waals surface area contributed by atoms with Crippen LogP contribution in [0.3, 0.4) is 0 Å². The first kappa shape index (κ1) is 38.3. The summed E-state index contributed by atoms with van der Waals surface area (Å²) in [5.74, 6) is 0. The van der Waals surface area contributed by atoms with E-state index < -0.39 is 35.6 Å². The van der Waals surface area contributed by atoms with E-state index in [4.69, 9.17) is 0 Å². The van der Waals surface area contributed by atoms with Crippen LogP contribution in [0.4, 0.5) is 26.3 Å². The fourth-order valence-corrected chi connectivity index (χ4v) is 13.2. The normalized spacial score (nSPS) is 14.6. The maximum absolute atomic E-state index is 15.6. The lowest BCUT2D eigenvalue weighted by molar-refractivity contribution is -0.138. The van der Waals surface area contributed by atoms with Crippen molar-refractivity contribution >= 4 is 66.6 Å². The molecule has 3 aliphatic heterocycles. The van der Waals surface area contributed by atoms with Gasteiger partial charge < -0.3 is 9.13 Å². The SMILES string of the molecule is Cc1ccc2c(c1)C1(c3cc(C)ccc3-2)c2ccc3c4c2-n2c5c(cc(C(F)(F)F)cc5c5cc(C(F)(F)F)cc1c52)B4c1c2ccccc2cc2c(-c4ccccc4)c(-c4ccccc4)n-3c12. The summed E-state index contributed by atoms with van der Waals surface area (Å²) in [6.45, 7) is 3.24. The average molecular weight is 895 g/mol. The minimum absolute atomic E-state index is 0.146. The lowest BCUT2D eigenvalue weighted by Gasteiger charge is -2.44. The summed E-state index contributed by atoms with van der Waals surface area (Å²) in [5.41, 5.74) is 13.1. The van der Waals surface area contributed by atoms with Gasteiger partial charge in [0.15, 0.2) is 0 Å². The number of fused-ring (bicyclic) bond motifs is 13.